The summed E-state index contributed by atoms with van der Waals surface area (Å²) in [5.74, 6) is -0.807. The fraction of sp³-hybridized carbons (Fsp3) is 0.679. The van der Waals surface area contributed by atoms with Gasteiger partial charge in [-0.3, -0.25) is 9.59 Å². The highest BCUT2D eigenvalue weighted by Crippen LogP contribution is 2.41. The Balaban J connectivity index is 1.52. The summed E-state index contributed by atoms with van der Waals surface area (Å²) in [5.41, 5.74) is 6.17. The number of amides is 2. The first kappa shape index (κ1) is 26.6. The van der Waals surface area contributed by atoms with Crippen molar-refractivity contribution in [3.63, 3.8) is 0 Å². The van der Waals surface area contributed by atoms with Gasteiger partial charge in [0.2, 0.25) is 11.8 Å². The molecule has 1 unspecified atom stereocenters. The molecule has 8 heteroatoms. The molecule has 0 radical (unpaired) electrons. The van der Waals surface area contributed by atoms with Crippen LogP contribution in [0.1, 0.15) is 81.5 Å². The average Bonchev–Trinajstić information content (AvgIpc) is 3.35. The number of carbonyl (C=O) groups is 3. The van der Waals surface area contributed by atoms with Gasteiger partial charge in [-0.05, 0) is 75.0 Å². The molecule has 1 saturated heterocycles. The van der Waals surface area contributed by atoms with Crippen molar-refractivity contribution in [2.24, 2.45) is 29.4 Å². The predicted molar refractivity (Wildman–Crippen MR) is 136 cm³/mol. The topological polar surface area (TPSA) is 102 Å². The molecule has 2 amide bonds. The van der Waals surface area contributed by atoms with E-state index in [1.807, 2.05) is 6.92 Å². The number of ether oxygens (including phenoxy) is 1. The first-order valence-corrected chi connectivity index (χ1v) is 13.5. The Kier molecular flexibility index (Phi) is 8.65. The van der Waals surface area contributed by atoms with Crippen LogP contribution >= 0.6 is 0 Å². The van der Waals surface area contributed by atoms with Gasteiger partial charge in [0.1, 0.15) is 11.9 Å². The lowest BCUT2D eigenvalue weighted by molar-refractivity contribution is -0.142. The van der Waals surface area contributed by atoms with Crippen LogP contribution in [0.5, 0.6) is 0 Å². The minimum Gasteiger partial charge on any atom is -0.465 e. The number of anilines is 1. The molecule has 1 aliphatic heterocycles. The molecular weight excluding hydrogens is 461 g/mol. The van der Waals surface area contributed by atoms with Crippen molar-refractivity contribution < 1.29 is 23.5 Å². The third-order valence-corrected chi connectivity index (χ3v) is 8.76. The van der Waals surface area contributed by atoms with Crippen molar-refractivity contribution in [2.75, 3.05) is 19.0 Å². The SMILES string of the molecule is COC(=O)c1ccc(NC(=O)[C@@H]2[C@@H](C3CCCCC3)CCN2C(=O)C2CCC(C(C)N)CC2)c(F)c1. The Labute approximate surface area is 213 Å². The quantitative estimate of drug-likeness (QED) is 0.559. The van der Waals surface area contributed by atoms with Crippen LogP contribution in [0.15, 0.2) is 18.2 Å². The van der Waals surface area contributed by atoms with Gasteiger partial charge in [-0.1, -0.05) is 32.1 Å². The van der Waals surface area contributed by atoms with Gasteiger partial charge >= 0.3 is 5.97 Å². The van der Waals surface area contributed by atoms with Crippen LogP contribution in [0.3, 0.4) is 0 Å². The summed E-state index contributed by atoms with van der Waals surface area (Å²) in [4.78, 5) is 40.8. The number of nitrogens with zero attached hydrogens (tertiary/aromatic N) is 1. The normalized spacial score (nSPS) is 27.9. The standard InChI is InChI=1S/C28H40FN3O4/c1-17(30)18-8-10-20(11-9-18)27(34)32-15-14-22(19-6-4-3-5-7-19)25(32)26(33)31-24-13-12-21(16-23(24)29)28(35)36-2/h12-13,16-20,22,25H,3-11,14-15,30H2,1-2H3,(H,31,33)/t17?,18?,20?,22-,25+/m1/s1. The first-order chi connectivity index (χ1) is 17.3. The summed E-state index contributed by atoms with van der Waals surface area (Å²) >= 11 is 0. The second kappa shape index (κ2) is 11.7. The lowest BCUT2D eigenvalue weighted by atomic mass is 9.76. The molecular formula is C28H40FN3O4. The number of esters is 1. The largest absolute Gasteiger partial charge is 0.465 e. The van der Waals surface area contributed by atoms with Crippen LogP contribution in [-0.2, 0) is 14.3 Å². The van der Waals surface area contributed by atoms with E-state index in [0.717, 1.165) is 63.9 Å². The Morgan fingerprint density at radius 3 is 2.36 bits per heavy atom. The minimum atomic E-state index is -0.703. The average molecular weight is 502 g/mol. The molecule has 1 aromatic rings. The Morgan fingerprint density at radius 2 is 1.75 bits per heavy atom. The lowest BCUT2D eigenvalue weighted by Gasteiger charge is -2.36. The number of nitrogens with one attached hydrogen (secondary N) is 1. The van der Waals surface area contributed by atoms with Crippen molar-refractivity contribution in [2.45, 2.75) is 83.2 Å². The Morgan fingerprint density at radius 1 is 1.06 bits per heavy atom. The number of carbonyl (C=O) groups excluding carboxylic acids is 3. The zero-order chi connectivity index (χ0) is 25.8. The number of nitrogens with two attached hydrogens (primary N) is 1. The van der Waals surface area contributed by atoms with E-state index in [-0.39, 0.29) is 40.9 Å². The maximum Gasteiger partial charge on any atom is 0.337 e. The van der Waals surface area contributed by atoms with Gasteiger partial charge in [-0.15, -0.1) is 0 Å². The molecule has 36 heavy (non-hydrogen) atoms. The number of benzene rings is 1. The molecule has 198 valence electrons. The summed E-state index contributed by atoms with van der Waals surface area (Å²) in [7, 11) is 1.23. The van der Waals surface area contributed by atoms with Crippen molar-refractivity contribution in [1.29, 1.82) is 0 Å². The maximum atomic E-state index is 14.8. The molecule has 0 bridgehead atoms. The van der Waals surface area contributed by atoms with Crippen LogP contribution in [0, 0.1) is 29.5 Å². The van der Waals surface area contributed by atoms with Gasteiger partial charge in [0.25, 0.3) is 0 Å². The number of hydrogen-bond acceptors (Lipinski definition) is 5. The third kappa shape index (κ3) is 5.74. The van der Waals surface area contributed by atoms with Gasteiger partial charge < -0.3 is 20.7 Å². The second-order valence-corrected chi connectivity index (χ2v) is 11.0. The van der Waals surface area contributed by atoms with E-state index in [2.05, 4.69) is 10.1 Å². The van der Waals surface area contributed by atoms with Crippen molar-refractivity contribution >= 4 is 23.5 Å². The van der Waals surface area contributed by atoms with E-state index in [4.69, 9.17) is 5.73 Å². The predicted octanol–water partition coefficient (Wildman–Crippen LogP) is 4.50. The molecule has 1 heterocycles. The molecule has 0 spiro atoms. The summed E-state index contributed by atoms with van der Waals surface area (Å²) < 4.78 is 19.4. The lowest BCUT2D eigenvalue weighted by Crippen LogP contribution is -2.50. The summed E-state index contributed by atoms with van der Waals surface area (Å²) in [6, 6.07) is 3.39. The molecule has 7 nitrogen and oxygen atoms in total. The van der Waals surface area contributed by atoms with Crippen molar-refractivity contribution in [1.82, 2.24) is 4.90 Å². The maximum absolute atomic E-state index is 14.8. The van der Waals surface area contributed by atoms with E-state index in [1.165, 1.54) is 25.7 Å². The van der Waals surface area contributed by atoms with E-state index in [1.54, 1.807) is 4.90 Å². The van der Waals surface area contributed by atoms with Gasteiger partial charge in [-0.25, -0.2) is 9.18 Å². The zero-order valence-corrected chi connectivity index (χ0v) is 21.5. The van der Waals surface area contributed by atoms with Gasteiger partial charge in [-0.2, -0.15) is 0 Å². The number of methoxy groups -OCH3 is 1. The highest BCUT2D eigenvalue weighted by atomic mass is 19.1. The number of hydrogen-bond donors (Lipinski definition) is 2. The zero-order valence-electron chi connectivity index (χ0n) is 21.5. The number of halogens is 1. The molecule has 3 fully saturated rings. The fourth-order valence-electron chi connectivity index (χ4n) is 6.65. The van der Waals surface area contributed by atoms with Crippen molar-refractivity contribution in [3.8, 4) is 0 Å². The van der Waals surface area contributed by atoms with Crippen molar-refractivity contribution in [3.05, 3.63) is 29.6 Å². The Hall–Kier alpha value is -2.48. The summed E-state index contributed by atoms with van der Waals surface area (Å²) in [6.45, 7) is 2.59. The molecule has 0 aromatic heterocycles. The fourth-order valence-corrected chi connectivity index (χ4v) is 6.65. The Bertz CT molecular complexity index is 954. The summed E-state index contributed by atoms with van der Waals surface area (Å²) in [5, 5.41) is 2.74. The highest BCUT2D eigenvalue weighted by Gasteiger charge is 2.47. The van der Waals surface area contributed by atoms with Gasteiger partial charge in [0.05, 0.1) is 18.4 Å². The monoisotopic (exact) mass is 501 g/mol. The molecule has 2 aliphatic carbocycles. The van der Waals surface area contributed by atoms with E-state index in [0.29, 0.717) is 18.4 Å². The molecule has 4 rings (SSSR count). The second-order valence-electron chi connectivity index (χ2n) is 11.0. The van der Waals surface area contributed by atoms with Crippen LogP contribution < -0.4 is 11.1 Å². The molecule has 3 aliphatic rings. The smallest absolute Gasteiger partial charge is 0.337 e. The van der Waals surface area contributed by atoms with Crippen LogP contribution in [-0.4, -0.2) is 48.4 Å². The van der Waals surface area contributed by atoms with Crippen LogP contribution in [0.4, 0.5) is 10.1 Å². The van der Waals surface area contributed by atoms with Crippen LogP contribution in [0.25, 0.3) is 0 Å². The van der Waals surface area contributed by atoms with E-state index < -0.39 is 17.8 Å². The molecule has 2 saturated carbocycles. The van der Waals surface area contributed by atoms with E-state index >= 15 is 0 Å². The highest BCUT2D eigenvalue weighted by molar-refractivity contribution is 5.99. The number of likely N-dealkylation sites (tertiary alicyclic amines) is 1. The third-order valence-electron chi connectivity index (χ3n) is 8.76. The first-order valence-electron chi connectivity index (χ1n) is 13.5. The van der Waals surface area contributed by atoms with Gasteiger partial charge in [0.15, 0.2) is 0 Å². The molecule has 3 N–H and O–H groups in total. The minimum absolute atomic E-state index is 0.00628. The van der Waals surface area contributed by atoms with E-state index in [9.17, 15) is 18.8 Å². The summed E-state index contributed by atoms with van der Waals surface area (Å²) in [6.07, 6.45) is 9.90. The molecule has 1 aromatic carbocycles. The van der Waals surface area contributed by atoms with Crippen LogP contribution in [0.2, 0.25) is 0 Å². The molecule has 3 atom stereocenters. The van der Waals surface area contributed by atoms with Gasteiger partial charge in [0, 0.05) is 18.5 Å². The number of rotatable bonds is 6.